The van der Waals surface area contributed by atoms with Gasteiger partial charge in [0.25, 0.3) is 0 Å². The third-order valence-corrected chi connectivity index (χ3v) is 4.82. The van der Waals surface area contributed by atoms with Crippen LogP contribution in [0.5, 0.6) is 0 Å². The van der Waals surface area contributed by atoms with Gasteiger partial charge in [-0.15, -0.1) is 0 Å². The molecule has 0 aliphatic carbocycles. The lowest BCUT2D eigenvalue weighted by atomic mass is 9.88. The fourth-order valence-electron chi connectivity index (χ4n) is 3.41. The lowest BCUT2D eigenvalue weighted by molar-refractivity contribution is -0.132. The van der Waals surface area contributed by atoms with Crippen LogP contribution < -0.4 is 5.32 Å². The van der Waals surface area contributed by atoms with Crippen LogP contribution in [-0.4, -0.2) is 36.3 Å². The summed E-state index contributed by atoms with van der Waals surface area (Å²) in [5.74, 6) is -0.619. The first kappa shape index (κ1) is 20.4. The Morgan fingerprint density at radius 3 is 2.42 bits per heavy atom. The van der Waals surface area contributed by atoms with Crippen LogP contribution in [0.25, 0.3) is 0 Å². The van der Waals surface area contributed by atoms with Crippen molar-refractivity contribution in [1.29, 1.82) is 0 Å². The van der Waals surface area contributed by atoms with Crippen molar-refractivity contribution in [2.75, 3.05) is 19.6 Å². The van der Waals surface area contributed by atoms with Gasteiger partial charge in [-0.2, -0.15) is 0 Å². The van der Waals surface area contributed by atoms with Crippen molar-refractivity contribution in [3.8, 4) is 0 Å². The number of rotatable bonds is 6. The fraction of sp³-hybridized carbons (Fsp3) is 0.619. The molecule has 0 saturated carbocycles. The fourth-order valence-corrected chi connectivity index (χ4v) is 3.41. The average molecular weight is 362 g/mol. The lowest BCUT2D eigenvalue weighted by Crippen LogP contribution is -2.36. The molecule has 0 aromatic heterocycles. The van der Waals surface area contributed by atoms with Gasteiger partial charge in [-0.3, -0.25) is 9.59 Å². The molecular weight excluding hydrogens is 331 g/mol. The number of carbonyl (C=O) groups excluding carboxylic acids is 2. The van der Waals surface area contributed by atoms with Gasteiger partial charge < -0.3 is 10.2 Å². The van der Waals surface area contributed by atoms with Crippen LogP contribution >= 0.6 is 0 Å². The molecule has 2 amide bonds. The molecule has 1 aliphatic rings. The Hall–Kier alpha value is -1.91. The minimum absolute atomic E-state index is 0.0150. The van der Waals surface area contributed by atoms with E-state index in [0.717, 1.165) is 18.4 Å². The Labute approximate surface area is 156 Å². The Morgan fingerprint density at radius 1 is 1.19 bits per heavy atom. The Morgan fingerprint density at radius 2 is 1.85 bits per heavy atom. The number of benzene rings is 1. The highest BCUT2D eigenvalue weighted by atomic mass is 19.1. The van der Waals surface area contributed by atoms with Crippen LogP contribution in [0.1, 0.15) is 58.4 Å². The maximum absolute atomic E-state index is 13.3. The van der Waals surface area contributed by atoms with E-state index in [2.05, 4.69) is 12.2 Å². The van der Waals surface area contributed by atoms with Gasteiger partial charge in [0.05, 0.1) is 5.92 Å². The molecule has 144 valence electrons. The summed E-state index contributed by atoms with van der Waals surface area (Å²) < 4.78 is 13.3. The first-order valence-electron chi connectivity index (χ1n) is 9.52. The molecule has 0 radical (unpaired) electrons. The number of nitrogens with one attached hydrogen (secondary N) is 1. The number of hydrogen-bond acceptors (Lipinski definition) is 2. The van der Waals surface area contributed by atoms with E-state index < -0.39 is 0 Å². The van der Waals surface area contributed by atoms with Crippen molar-refractivity contribution in [2.45, 2.75) is 52.9 Å². The third kappa shape index (κ3) is 5.55. The summed E-state index contributed by atoms with van der Waals surface area (Å²) in [7, 11) is 0. The van der Waals surface area contributed by atoms with Crippen LogP contribution in [0.4, 0.5) is 4.39 Å². The quantitative estimate of drug-likeness (QED) is 0.784. The summed E-state index contributed by atoms with van der Waals surface area (Å²) >= 11 is 0. The van der Waals surface area contributed by atoms with Crippen molar-refractivity contribution in [1.82, 2.24) is 10.2 Å². The normalized spacial score (nSPS) is 20.3. The Kier molecular flexibility index (Phi) is 6.79. The third-order valence-electron chi connectivity index (χ3n) is 4.82. The van der Waals surface area contributed by atoms with E-state index in [1.165, 1.54) is 12.1 Å². The molecule has 2 rings (SSSR count). The minimum atomic E-state index is -0.295. The van der Waals surface area contributed by atoms with Crippen LogP contribution in [0.2, 0.25) is 0 Å². The van der Waals surface area contributed by atoms with Crippen molar-refractivity contribution >= 4 is 11.8 Å². The molecule has 1 aromatic carbocycles. The molecule has 1 saturated heterocycles. The van der Waals surface area contributed by atoms with E-state index in [9.17, 15) is 14.0 Å². The Bertz CT molecular complexity index is 622. The minimum Gasteiger partial charge on any atom is -0.356 e. The number of hydrogen-bond donors (Lipinski definition) is 1. The molecule has 2 atom stereocenters. The van der Waals surface area contributed by atoms with E-state index in [4.69, 9.17) is 0 Å². The first-order valence-corrected chi connectivity index (χ1v) is 9.52. The van der Waals surface area contributed by atoms with E-state index in [0.29, 0.717) is 26.1 Å². The summed E-state index contributed by atoms with van der Waals surface area (Å²) in [6.45, 7) is 9.77. The largest absolute Gasteiger partial charge is 0.356 e. The van der Waals surface area contributed by atoms with Crippen LogP contribution in [0, 0.1) is 17.2 Å². The number of nitrogens with zero attached hydrogens (tertiary/aromatic N) is 1. The van der Waals surface area contributed by atoms with Gasteiger partial charge >= 0.3 is 0 Å². The lowest BCUT2D eigenvalue weighted by Gasteiger charge is -2.23. The zero-order chi connectivity index (χ0) is 19.3. The number of unbranched alkanes of at least 4 members (excludes halogenated alkanes) is 1. The maximum atomic E-state index is 13.3. The number of amides is 2. The highest BCUT2D eigenvalue weighted by molar-refractivity contribution is 5.83. The van der Waals surface area contributed by atoms with Gasteiger partial charge in [0.15, 0.2) is 0 Å². The summed E-state index contributed by atoms with van der Waals surface area (Å²) in [5.41, 5.74) is 0.817. The zero-order valence-electron chi connectivity index (χ0n) is 16.3. The molecule has 1 N–H and O–H groups in total. The van der Waals surface area contributed by atoms with Gasteiger partial charge in [-0.25, -0.2) is 4.39 Å². The molecule has 1 aliphatic heterocycles. The summed E-state index contributed by atoms with van der Waals surface area (Å²) in [5, 5.41) is 2.99. The second-order valence-electron chi connectivity index (χ2n) is 8.45. The van der Waals surface area contributed by atoms with Gasteiger partial charge in [0.1, 0.15) is 5.82 Å². The van der Waals surface area contributed by atoms with E-state index in [1.807, 2.05) is 20.8 Å². The topological polar surface area (TPSA) is 49.4 Å². The van der Waals surface area contributed by atoms with Crippen molar-refractivity contribution in [3.05, 3.63) is 35.6 Å². The standard InChI is InChI=1S/C21H31FN2O2/c1-5-6-11-23-20(26)18-14-24(19(25)12-21(2,3)4)13-17(18)15-7-9-16(22)10-8-15/h7-10,17-18H,5-6,11-14H2,1-4H3,(H,23,26). The van der Waals surface area contributed by atoms with Crippen LogP contribution in [0.3, 0.4) is 0 Å². The molecule has 26 heavy (non-hydrogen) atoms. The van der Waals surface area contributed by atoms with Crippen molar-refractivity contribution < 1.29 is 14.0 Å². The van der Waals surface area contributed by atoms with Crippen molar-refractivity contribution in [2.24, 2.45) is 11.3 Å². The van der Waals surface area contributed by atoms with Crippen LogP contribution in [0.15, 0.2) is 24.3 Å². The Balaban J connectivity index is 2.16. The average Bonchev–Trinajstić information content (AvgIpc) is 2.99. The summed E-state index contributed by atoms with van der Waals surface area (Å²) in [4.78, 5) is 27.2. The summed E-state index contributed by atoms with van der Waals surface area (Å²) in [6.07, 6.45) is 2.40. The maximum Gasteiger partial charge on any atom is 0.225 e. The van der Waals surface area contributed by atoms with E-state index in [1.54, 1.807) is 17.0 Å². The smallest absolute Gasteiger partial charge is 0.225 e. The van der Waals surface area contributed by atoms with Crippen molar-refractivity contribution in [3.63, 3.8) is 0 Å². The molecule has 1 aromatic rings. The predicted molar refractivity (Wildman–Crippen MR) is 101 cm³/mol. The van der Waals surface area contributed by atoms with E-state index in [-0.39, 0.29) is 34.9 Å². The van der Waals surface area contributed by atoms with Crippen LogP contribution in [-0.2, 0) is 9.59 Å². The molecule has 5 heteroatoms. The molecule has 0 spiro atoms. The highest BCUT2D eigenvalue weighted by Crippen LogP contribution is 2.34. The second-order valence-corrected chi connectivity index (χ2v) is 8.45. The second kappa shape index (κ2) is 8.65. The molecular formula is C21H31FN2O2. The summed E-state index contributed by atoms with van der Waals surface area (Å²) in [6, 6.07) is 6.29. The molecule has 1 fully saturated rings. The monoisotopic (exact) mass is 362 g/mol. The SMILES string of the molecule is CCCCNC(=O)C1CN(C(=O)CC(C)(C)C)CC1c1ccc(F)cc1. The first-order chi connectivity index (χ1) is 12.2. The van der Waals surface area contributed by atoms with Gasteiger partial charge in [0.2, 0.25) is 11.8 Å². The molecule has 0 bridgehead atoms. The number of carbonyl (C=O) groups is 2. The molecule has 2 unspecified atom stereocenters. The van der Waals surface area contributed by atoms with E-state index >= 15 is 0 Å². The zero-order valence-corrected chi connectivity index (χ0v) is 16.3. The number of likely N-dealkylation sites (tertiary alicyclic amines) is 1. The number of halogens is 1. The van der Waals surface area contributed by atoms with Gasteiger partial charge in [-0.05, 0) is 29.5 Å². The predicted octanol–water partition coefficient (Wildman–Crippen LogP) is 3.72. The molecule has 4 nitrogen and oxygen atoms in total. The van der Waals surface area contributed by atoms with Gasteiger partial charge in [-0.1, -0.05) is 46.2 Å². The molecule has 1 heterocycles. The highest BCUT2D eigenvalue weighted by Gasteiger charge is 2.40. The van der Waals surface area contributed by atoms with Gasteiger partial charge in [0, 0.05) is 32.0 Å².